The molecule has 1 unspecified atom stereocenters. The smallest absolute Gasteiger partial charge is 0.237 e. The van der Waals surface area contributed by atoms with Crippen LogP contribution >= 0.6 is 0 Å². The topological polar surface area (TPSA) is 70.2 Å². The van der Waals surface area contributed by atoms with Gasteiger partial charge in [0.1, 0.15) is 0 Å². The molecule has 5 nitrogen and oxygen atoms in total. The third-order valence-electron chi connectivity index (χ3n) is 4.14. The summed E-state index contributed by atoms with van der Waals surface area (Å²) < 4.78 is 0. The monoisotopic (exact) mass is 323 g/mol. The standard InChI is InChI=1S/C19H21N3O2/c1-13(23)22-17-8-6-14(7-9-17)11-21-19(24)18-10-15-4-2-3-5-16(15)12-20-18/h2-9,18,20H,10-12H2,1H3,(H,21,24)(H,22,23). The highest BCUT2D eigenvalue weighted by molar-refractivity contribution is 5.88. The molecule has 0 radical (unpaired) electrons. The first kappa shape index (κ1) is 16.2. The first-order valence-corrected chi connectivity index (χ1v) is 8.06. The van der Waals surface area contributed by atoms with Crippen LogP contribution in [0.1, 0.15) is 23.6 Å². The van der Waals surface area contributed by atoms with Gasteiger partial charge in [-0.25, -0.2) is 0 Å². The second kappa shape index (κ2) is 7.27. The van der Waals surface area contributed by atoms with Crippen molar-refractivity contribution in [2.45, 2.75) is 32.5 Å². The summed E-state index contributed by atoms with van der Waals surface area (Å²) in [7, 11) is 0. The fraction of sp³-hybridized carbons (Fsp3) is 0.263. The van der Waals surface area contributed by atoms with Crippen LogP contribution in [0.2, 0.25) is 0 Å². The van der Waals surface area contributed by atoms with E-state index in [2.05, 4.69) is 28.1 Å². The lowest BCUT2D eigenvalue weighted by Gasteiger charge is -2.25. The van der Waals surface area contributed by atoms with Crippen molar-refractivity contribution in [3.63, 3.8) is 0 Å². The Kier molecular flexibility index (Phi) is 4.91. The number of benzene rings is 2. The molecule has 1 atom stereocenters. The Bertz CT molecular complexity index is 741. The molecule has 0 saturated carbocycles. The Morgan fingerprint density at radius 1 is 1.08 bits per heavy atom. The van der Waals surface area contributed by atoms with Gasteiger partial charge in [0.15, 0.2) is 0 Å². The summed E-state index contributed by atoms with van der Waals surface area (Å²) in [5.74, 6) is -0.0878. The van der Waals surface area contributed by atoms with Gasteiger partial charge in [-0.05, 0) is 35.2 Å². The average Bonchev–Trinajstić information content (AvgIpc) is 2.60. The molecule has 0 aliphatic carbocycles. The fourth-order valence-electron chi connectivity index (χ4n) is 2.86. The Balaban J connectivity index is 1.53. The van der Waals surface area contributed by atoms with Crippen LogP contribution in [-0.2, 0) is 29.1 Å². The number of rotatable bonds is 4. The molecule has 2 aromatic carbocycles. The number of hydrogen-bond acceptors (Lipinski definition) is 3. The van der Waals surface area contributed by atoms with Crippen LogP contribution in [0, 0.1) is 0 Å². The zero-order valence-corrected chi connectivity index (χ0v) is 13.6. The van der Waals surface area contributed by atoms with E-state index in [1.165, 1.54) is 18.1 Å². The number of amides is 2. The Morgan fingerprint density at radius 2 is 1.79 bits per heavy atom. The molecule has 124 valence electrons. The van der Waals surface area contributed by atoms with Gasteiger partial charge in [0.05, 0.1) is 6.04 Å². The average molecular weight is 323 g/mol. The van der Waals surface area contributed by atoms with Crippen LogP contribution in [-0.4, -0.2) is 17.9 Å². The van der Waals surface area contributed by atoms with E-state index in [9.17, 15) is 9.59 Å². The Morgan fingerprint density at radius 3 is 2.50 bits per heavy atom. The Labute approximate surface area is 141 Å². The van der Waals surface area contributed by atoms with Gasteiger partial charge in [-0.1, -0.05) is 36.4 Å². The number of anilines is 1. The predicted octanol–water partition coefficient (Wildman–Crippen LogP) is 1.98. The van der Waals surface area contributed by atoms with E-state index in [0.29, 0.717) is 13.0 Å². The van der Waals surface area contributed by atoms with Crippen molar-refractivity contribution in [1.82, 2.24) is 10.6 Å². The van der Waals surface area contributed by atoms with Crippen molar-refractivity contribution < 1.29 is 9.59 Å². The minimum absolute atomic E-state index is 0.00967. The summed E-state index contributed by atoms with van der Waals surface area (Å²) in [5.41, 5.74) is 4.24. The largest absolute Gasteiger partial charge is 0.351 e. The highest BCUT2D eigenvalue weighted by atomic mass is 16.2. The van der Waals surface area contributed by atoms with E-state index < -0.39 is 0 Å². The van der Waals surface area contributed by atoms with Crippen molar-refractivity contribution in [1.29, 1.82) is 0 Å². The molecule has 3 rings (SSSR count). The maximum atomic E-state index is 12.4. The van der Waals surface area contributed by atoms with E-state index in [1.54, 1.807) is 0 Å². The van der Waals surface area contributed by atoms with Crippen molar-refractivity contribution in [3.8, 4) is 0 Å². The van der Waals surface area contributed by atoms with Crippen molar-refractivity contribution in [2.24, 2.45) is 0 Å². The first-order chi connectivity index (χ1) is 11.6. The van der Waals surface area contributed by atoms with Crippen molar-refractivity contribution in [3.05, 3.63) is 65.2 Å². The molecule has 1 aliphatic heterocycles. The lowest BCUT2D eigenvalue weighted by molar-refractivity contribution is -0.123. The number of nitrogens with one attached hydrogen (secondary N) is 3. The fourth-order valence-corrected chi connectivity index (χ4v) is 2.86. The minimum atomic E-state index is -0.196. The molecule has 1 heterocycles. The zero-order valence-electron chi connectivity index (χ0n) is 13.6. The third kappa shape index (κ3) is 4.00. The van der Waals surface area contributed by atoms with Crippen LogP contribution < -0.4 is 16.0 Å². The molecule has 2 amide bonds. The van der Waals surface area contributed by atoms with Gasteiger partial charge in [-0.2, -0.15) is 0 Å². The van der Waals surface area contributed by atoms with E-state index >= 15 is 0 Å². The molecule has 0 fully saturated rings. The molecular formula is C19H21N3O2. The van der Waals surface area contributed by atoms with Gasteiger partial charge in [0.2, 0.25) is 11.8 Å². The Hall–Kier alpha value is -2.66. The zero-order chi connectivity index (χ0) is 16.9. The van der Waals surface area contributed by atoms with Gasteiger partial charge in [0.25, 0.3) is 0 Å². The van der Waals surface area contributed by atoms with E-state index in [-0.39, 0.29) is 17.9 Å². The van der Waals surface area contributed by atoms with Gasteiger partial charge in [-0.3, -0.25) is 9.59 Å². The predicted molar refractivity (Wildman–Crippen MR) is 93.4 cm³/mol. The minimum Gasteiger partial charge on any atom is -0.351 e. The molecule has 0 aromatic heterocycles. The van der Waals surface area contributed by atoms with Crippen LogP contribution in [0.15, 0.2) is 48.5 Å². The van der Waals surface area contributed by atoms with Gasteiger partial charge < -0.3 is 16.0 Å². The van der Waals surface area contributed by atoms with E-state index in [0.717, 1.165) is 17.8 Å². The van der Waals surface area contributed by atoms with Gasteiger partial charge >= 0.3 is 0 Å². The van der Waals surface area contributed by atoms with E-state index in [1.807, 2.05) is 36.4 Å². The van der Waals surface area contributed by atoms with Crippen molar-refractivity contribution in [2.75, 3.05) is 5.32 Å². The molecule has 0 saturated heterocycles. The molecule has 1 aliphatic rings. The van der Waals surface area contributed by atoms with Gasteiger partial charge in [-0.15, -0.1) is 0 Å². The first-order valence-electron chi connectivity index (χ1n) is 8.06. The normalized spacial score (nSPS) is 16.1. The maximum Gasteiger partial charge on any atom is 0.237 e. The van der Waals surface area contributed by atoms with Crippen LogP contribution in [0.5, 0.6) is 0 Å². The lowest BCUT2D eigenvalue weighted by atomic mass is 9.95. The van der Waals surface area contributed by atoms with E-state index in [4.69, 9.17) is 0 Å². The molecule has 3 N–H and O–H groups in total. The molecular weight excluding hydrogens is 302 g/mol. The summed E-state index contributed by atoms with van der Waals surface area (Å²) in [4.78, 5) is 23.4. The highest BCUT2D eigenvalue weighted by Crippen LogP contribution is 2.16. The number of carbonyl (C=O) groups is 2. The molecule has 24 heavy (non-hydrogen) atoms. The summed E-state index contributed by atoms with van der Waals surface area (Å²) in [5, 5.41) is 8.98. The summed E-state index contributed by atoms with van der Waals surface area (Å²) in [6, 6.07) is 15.5. The van der Waals surface area contributed by atoms with Crippen LogP contribution in [0.25, 0.3) is 0 Å². The summed E-state index contributed by atoms with van der Waals surface area (Å²) in [6.07, 6.45) is 0.712. The number of fused-ring (bicyclic) bond motifs is 1. The molecule has 5 heteroatoms. The summed E-state index contributed by atoms with van der Waals surface area (Å²) in [6.45, 7) is 2.67. The molecule has 0 bridgehead atoms. The SMILES string of the molecule is CC(=O)Nc1ccc(CNC(=O)C2Cc3ccccc3CN2)cc1. The number of carbonyl (C=O) groups excluding carboxylic acids is 2. The van der Waals surface area contributed by atoms with Crippen molar-refractivity contribution >= 4 is 17.5 Å². The molecule has 0 spiro atoms. The van der Waals surface area contributed by atoms with Crippen LogP contribution in [0.4, 0.5) is 5.69 Å². The molecule has 2 aromatic rings. The van der Waals surface area contributed by atoms with Crippen LogP contribution in [0.3, 0.4) is 0 Å². The second-order valence-corrected chi connectivity index (χ2v) is 6.00. The van der Waals surface area contributed by atoms with Gasteiger partial charge in [0, 0.05) is 25.7 Å². The lowest BCUT2D eigenvalue weighted by Crippen LogP contribution is -2.47. The quantitative estimate of drug-likeness (QED) is 0.806. The maximum absolute atomic E-state index is 12.4. The highest BCUT2D eigenvalue weighted by Gasteiger charge is 2.23. The third-order valence-corrected chi connectivity index (χ3v) is 4.14. The summed E-state index contributed by atoms with van der Waals surface area (Å²) >= 11 is 0. The number of hydrogen-bond donors (Lipinski definition) is 3. The second-order valence-electron chi connectivity index (χ2n) is 6.00.